The molecular weight excluding hydrogens is 208 g/mol. The Morgan fingerprint density at radius 2 is 1.88 bits per heavy atom. The lowest BCUT2D eigenvalue weighted by Crippen LogP contribution is -2.36. The molecule has 0 saturated heterocycles. The van der Waals surface area contributed by atoms with Crippen LogP contribution in [0.4, 0.5) is 0 Å². The summed E-state index contributed by atoms with van der Waals surface area (Å²) in [5, 5.41) is 0. The Morgan fingerprint density at radius 1 is 1.29 bits per heavy atom. The van der Waals surface area contributed by atoms with Gasteiger partial charge >= 0.3 is 0 Å². The van der Waals surface area contributed by atoms with Gasteiger partial charge in [0, 0.05) is 18.4 Å². The Hall–Kier alpha value is -0.890. The average Bonchev–Trinajstić information content (AvgIpc) is 2.30. The first kappa shape index (κ1) is 12.6. The number of nitrogens with two attached hydrogens (primary N) is 1. The van der Waals surface area contributed by atoms with Crippen molar-refractivity contribution in [1.82, 2.24) is 4.98 Å². The second-order valence-corrected chi connectivity index (χ2v) is 6.23. The summed E-state index contributed by atoms with van der Waals surface area (Å²) in [5.74, 6) is 0.705. The van der Waals surface area contributed by atoms with Gasteiger partial charge in [0.25, 0.3) is 0 Å². The van der Waals surface area contributed by atoms with E-state index >= 15 is 0 Å². The van der Waals surface area contributed by atoms with Crippen LogP contribution in [0.2, 0.25) is 0 Å². The lowest BCUT2D eigenvalue weighted by atomic mass is 9.70. The second kappa shape index (κ2) is 5.18. The molecule has 0 bridgehead atoms. The molecule has 2 heteroatoms. The first-order chi connectivity index (χ1) is 8.07. The molecule has 1 fully saturated rings. The van der Waals surface area contributed by atoms with Crippen molar-refractivity contribution in [3.8, 4) is 0 Å². The largest absolute Gasteiger partial charge is 0.327 e. The van der Waals surface area contributed by atoms with E-state index < -0.39 is 0 Å². The number of pyridine rings is 1. The zero-order chi connectivity index (χ0) is 12.3. The molecule has 1 aliphatic carbocycles. The summed E-state index contributed by atoms with van der Waals surface area (Å²) in [6, 6.07) is 4.47. The Balaban J connectivity index is 1.87. The van der Waals surface area contributed by atoms with Gasteiger partial charge in [0.15, 0.2) is 0 Å². The summed E-state index contributed by atoms with van der Waals surface area (Å²) in [6.07, 6.45) is 9.92. The molecule has 2 rings (SSSR count). The Kier molecular flexibility index (Phi) is 3.82. The highest BCUT2D eigenvalue weighted by molar-refractivity contribution is 5.11. The highest BCUT2D eigenvalue weighted by Crippen LogP contribution is 2.39. The minimum atomic E-state index is 0.313. The number of hydrogen-bond donors (Lipinski definition) is 1. The minimum Gasteiger partial charge on any atom is -0.327 e. The van der Waals surface area contributed by atoms with Crippen molar-refractivity contribution in [3.05, 3.63) is 30.1 Å². The number of hydrogen-bond acceptors (Lipinski definition) is 2. The van der Waals surface area contributed by atoms with Crippen LogP contribution in [0.3, 0.4) is 0 Å². The molecule has 0 aromatic carbocycles. The fourth-order valence-corrected chi connectivity index (χ4v) is 2.81. The van der Waals surface area contributed by atoms with Crippen molar-refractivity contribution < 1.29 is 0 Å². The fourth-order valence-electron chi connectivity index (χ4n) is 2.81. The van der Waals surface area contributed by atoms with Crippen LogP contribution in [-0.4, -0.2) is 11.0 Å². The van der Waals surface area contributed by atoms with Crippen LogP contribution in [-0.2, 0) is 6.42 Å². The Morgan fingerprint density at radius 3 is 2.47 bits per heavy atom. The SMILES string of the molecule is CC1(C)CCC(C(N)Cc2ccncc2)CC1. The van der Waals surface area contributed by atoms with E-state index in [0.717, 1.165) is 6.42 Å². The van der Waals surface area contributed by atoms with Crippen molar-refractivity contribution in [2.45, 2.75) is 52.0 Å². The number of aromatic nitrogens is 1. The highest BCUT2D eigenvalue weighted by Gasteiger charge is 2.29. The molecule has 1 aromatic heterocycles. The molecule has 1 atom stereocenters. The molecule has 1 unspecified atom stereocenters. The molecule has 0 amide bonds. The molecule has 0 spiro atoms. The summed E-state index contributed by atoms with van der Waals surface area (Å²) >= 11 is 0. The predicted molar refractivity (Wildman–Crippen MR) is 71.7 cm³/mol. The van der Waals surface area contributed by atoms with Gasteiger partial charge in [-0.25, -0.2) is 0 Å². The minimum absolute atomic E-state index is 0.313. The van der Waals surface area contributed by atoms with Gasteiger partial charge in [-0.2, -0.15) is 0 Å². The lowest BCUT2D eigenvalue weighted by molar-refractivity contribution is 0.173. The maximum Gasteiger partial charge on any atom is 0.0270 e. The fraction of sp³-hybridized carbons (Fsp3) is 0.667. The first-order valence-electron chi connectivity index (χ1n) is 6.71. The van der Waals surface area contributed by atoms with Crippen molar-refractivity contribution in [2.24, 2.45) is 17.1 Å². The van der Waals surface area contributed by atoms with Crippen LogP contribution in [0, 0.1) is 11.3 Å². The summed E-state index contributed by atoms with van der Waals surface area (Å²) < 4.78 is 0. The van der Waals surface area contributed by atoms with E-state index in [4.69, 9.17) is 5.73 Å². The molecule has 1 saturated carbocycles. The van der Waals surface area contributed by atoms with Crippen molar-refractivity contribution >= 4 is 0 Å². The quantitative estimate of drug-likeness (QED) is 0.869. The lowest BCUT2D eigenvalue weighted by Gasteiger charge is -2.36. The molecule has 17 heavy (non-hydrogen) atoms. The normalized spacial score (nSPS) is 22.3. The van der Waals surface area contributed by atoms with E-state index in [1.54, 1.807) is 0 Å². The van der Waals surface area contributed by atoms with E-state index in [0.29, 0.717) is 17.4 Å². The van der Waals surface area contributed by atoms with Crippen molar-refractivity contribution in [3.63, 3.8) is 0 Å². The van der Waals surface area contributed by atoms with Crippen LogP contribution in [0.15, 0.2) is 24.5 Å². The number of rotatable bonds is 3. The van der Waals surface area contributed by atoms with E-state index in [9.17, 15) is 0 Å². The molecule has 2 N–H and O–H groups in total. The monoisotopic (exact) mass is 232 g/mol. The van der Waals surface area contributed by atoms with Crippen molar-refractivity contribution in [2.75, 3.05) is 0 Å². The molecular formula is C15H24N2. The van der Waals surface area contributed by atoms with E-state index in [1.807, 2.05) is 12.4 Å². The number of nitrogens with zero attached hydrogens (tertiary/aromatic N) is 1. The topological polar surface area (TPSA) is 38.9 Å². The van der Waals surface area contributed by atoms with E-state index in [-0.39, 0.29) is 0 Å². The molecule has 0 radical (unpaired) electrons. The maximum atomic E-state index is 6.35. The molecule has 1 heterocycles. The van der Waals surface area contributed by atoms with Gasteiger partial charge in [-0.3, -0.25) is 4.98 Å². The molecule has 1 aromatic rings. The van der Waals surface area contributed by atoms with Gasteiger partial charge < -0.3 is 5.73 Å². The van der Waals surface area contributed by atoms with Gasteiger partial charge in [-0.1, -0.05) is 13.8 Å². The molecule has 94 valence electrons. The van der Waals surface area contributed by atoms with E-state index in [2.05, 4.69) is 31.0 Å². The molecule has 0 aliphatic heterocycles. The predicted octanol–water partition coefficient (Wildman–Crippen LogP) is 3.17. The van der Waals surface area contributed by atoms with Crippen LogP contribution in [0.1, 0.15) is 45.1 Å². The summed E-state index contributed by atoms with van der Waals surface area (Å²) in [5.41, 5.74) is 8.20. The van der Waals surface area contributed by atoms with Gasteiger partial charge in [0.1, 0.15) is 0 Å². The smallest absolute Gasteiger partial charge is 0.0270 e. The molecule has 1 aliphatic rings. The Labute approximate surface area is 105 Å². The van der Waals surface area contributed by atoms with Gasteiger partial charge in [-0.05, 0) is 61.1 Å². The average molecular weight is 232 g/mol. The third kappa shape index (κ3) is 3.53. The third-order valence-corrected chi connectivity index (χ3v) is 4.21. The van der Waals surface area contributed by atoms with Crippen molar-refractivity contribution in [1.29, 1.82) is 0 Å². The van der Waals surface area contributed by atoms with Crippen LogP contribution in [0.5, 0.6) is 0 Å². The summed E-state index contributed by atoms with van der Waals surface area (Å²) in [7, 11) is 0. The summed E-state index contributed by atoms with van der Waals surface area (Å²) in [4.78, 5) is 4.04. The maximum absolute atomic E-state index is 6.35. The van der Waals surface area contributed by atoms with Crippen LogP contribution < -0.4 is 5.73 Å². The van der Waals surface area contributed by atoms with Crippen LogP contribution >= 0.6 is 0 Å². The van der Waals surface area contributed by atoms with Gasteiger partial charge in [-0.15, -0.1) is 0 Å². The zero-order valence-electron chi connectivity index (χ0n) is 11.0. The first-order valence-corrected chi connectivity index (χ1v) is 6.71. The standard InChI is InChI=1S/C15H24N2/c1-15(2)7-3-13(4-8-15)14(16)11-12-5-9-17-10-6-12/h5-6,9-10,13-14H,3-4,7-8,11,16H2,1-2H3. The van der Waals surface area contributed by atoms with Gasteiger partial charge in [0.05, 0.1) is 0 Å². The highest BCUT2D eigenvalue weighted by atomic mass is 14.7. The zero-order valence-corrected chi connectivity index (χ0v) is 11.0. The second-order valence-electron chi connectivity index (χ2n) is 6.23. The third-order valence-electron chi connectivity index (χ3n) is 4.21. The summed E-state index contributed by atoms with van der Waals surface area (Å²) in [6.45, 7) is 4.75. The van der Waals surface area contributed by atoms with Crippen LogP contribution in [0.25, 0.3) is 0 Å². The molecule has 2 nitrogen and oxygen atoms in total. The Bertz CT molecular complexity index is 335. The van der Waals surface area contributed by atoms with E-state index in [1.165, 1.54) is 31.2 Å². The van der Waals surface area contributed by atoms with Gasteiger partial charge in [0.2, 0.25) is 0 Å².